The first kappa shape index (κ1) is 22.9. The number of hydrogen-bond acceptors (Lipinski definition) is 3. The molecule has 140 valence electrons. The average molecular weight is 339 g/mol. The van der Waals surface area contributed by atoms with Crippen molar-refractivity contribution in [2.45, 2.75) is 89.9 Å². The van der Waals surface area contributed by atoms with E-state index in [-0.39, 0.29) is 5.97 Å². The van der Waals surface area contributed by atoms with Gasteiger partial charge in [-0.2, -0.15) is 0 Å². The summed E-state index contributed by atoms with van der Waals surface area (Å²) in [5, 5.41) is 8.67. The summed E-state index contributed by atoms with van der Waals surface area (Å²) < 4.78 is 4.61. The number of ether oxygens (including phenoxy) is 1. The van der Waals surface area contributed by atoms with Gasteiger partial charge in [0.1, 0.15) is 0 Å². The Hall–Kier alpha value is -1.09. The van der Waals surface area contributed by atoms with Crippen molar-refractivity contribution in [3.05, 3.63) is 24.3 Å². The molecule has 0 aromatic heterocycles. The molecule has 3 nitrogen and oxygen atoms in total. The number of hydrogen-bond donors (Lipinski definition) is 1. The summed E-state index contributed by atoms with van der Waals surface area (Å²) in [6.45, 7) is 0.318. The number of unbranched alkanes of at least 4 members (excludes halogenated alkanes) is 10. The topological polar surface area (TPSA) is 46.5 Å². The van der Waals surface area contributed by atoms with Gasteiger partial charge in [-0.3, -0.25) is 4.79 Å². The van der Waals surface area contributed by atoms with Crippen molar-refractivity contribution in [3.8, 4) is 0 Å². The van der Waals surface area contributed by atoms with Crippen molar-refractivity contribution in [3.63, 3.8) is 0 Å². The molecule has 0 atom stereocenters. The van der Waals surface area contributed by atoms with Crippen molar-refractivity contribution in [2.75, 3.05) is 13.7 Å². The predicted molar refractivity (Wildman–Crippen MR) is 102 cm³/mol. The van der Waals surface area contributed by atoms with Crippen molar-refractivity contribution in [1.82, 2.24) is 0 Å². The summed E-state index contributed by atoms with van der Waals surface area (Å²) >= 11 is 0. The molecule has 1 N–H and O–H groups in total. The molecule has 0 saturated heterocycles. The first-order valence-corrected chi connectivity index (χ1v) is 9.79. The van der Waals surface area contributed by atoms with Crippen LogP contribution in [0, 0.1) is 0 Å². The molecule has 0 spiro atoms. The van der Waals surface area contributed by atoms with E-state index in [4.69, 9.17) is 5.11 Å². The van der Waals surface area contributed by atoms with E-state index in [1.54, 1.807) is 0 Å². The van der Waals surface area contributed by atoms with Crippen LogP contribution in [0.25, 0.3) is 0 Å². The lowest BCUT2D eigenvalue weighted by Crippen LogP contribution is -1.98. The van der Waals surface area contributed by atoms with Gasteiger partial charge < -0.3 is 9.84 Å². The zero-order valence-corrected chi connectivity index (χ0v) is 15.7. The zero-order chi connectivity index (χ0) is 17.7. The first-order valence-electron chi connectivity index (χ1n) is 9.79. The Morgan fingerprint density at radius 3 is 1.58 bits per heavy atom. The van der Waals surface area contributed by atoms with Crippen LogP contribution in [0.15, 0.2) is 24.3 Å². The third-order valence-corrected chi connectivity index (χ3v) is 4.08. The lowest BCUT2D eigenvalue weighted by atomic mass is 10.1. The van der Waals surface area contributed by atoms with Gasteiger partial charge >= 0.3 is 5.97 Å². The number of rotatable bonds is 17. The largest absolute Gasteiger partial charge is 0.469 e. The van der Waals surface area contributed by atoms with Crippen LogP contribution < -0.4 is 0 Å². The van der Waals surface area contributed by atoms with E-state index in [0.29, 0.717) is 13.0 Å². The summed E-state index contributed by atoms with van der Waals surface area (Å²) in [5.41, 5.74) is 0. The third-order valence-electron chi connectivity index (χ3n) is 4.08. The van der Waals surface area contributed by atoms with Crippen LogP contribution in [0.4, 0.5) is 0 Å². The molecule has 0 aliphatic carbocycles. The molecule has 0 amide bonds. The van der Waals surface area contributed by atoms with Crippen molar-refractivity contribution >= 4 is 5.97 Å². The van der Waals surface area contributed by atoms with E-state index < -0.39 is 0 Å². The van der Waals surface area contributed by atoms with Crippen LogP contribution in [-0.4, -0.2) is 24.8 Å². The molecule has 0 aliphatic rings. The predicted octanol–water partition coefficient (Wildman–Crippen LogP) is 5.73. The van der Waals surface area contributed by atoms with E-state index in [2.05, 4.69) is 29.0 Å². The fourth-order valence-corrected chi connectivity index (χ4v) is 2.53. The van der Waals surface area contributed by atoms with Gasteiger partial charge in [0.2, 0.25) is 0 Å². The molecule has 0 aromatic rings. The second-order valence-corrected chi connectivity index (χ2v) is 6.33. The highest BCUT2D eigenvalue weighted by Crippen LogP contribution is 2.09. The molecule has 0 heterocycles. The number of carbonyl (C=O) groups is 1. The SMILES string of the molecule is COC(=O)CCCC/C=C\CCCCCCC/C=C\CCCCO. The number of esters is 1. The molecule has 0 aromatic carbocycles. The summed E-state index contributed by atoms with van der Waals surface area (Å²) in [7, 11) is 1.44. The standard InChI is InChI=1S/C21H38O3/c1-24-21(23)19-17-15-13-11-9-7-5-3-2-4-6-8-10-12-14-16-18-20-22/h9-12,22H,2-8,13-20H2,1H3/b11-9-,12-10-. The smallest absolute Gasteiger partial charge is 0.305 e. The van der Waals surface area contributed by atoms with Crippen LogP contribution in [0.3, 0.4) is 0 Å². The highest BCUT2D eigenvalue weighted by molar-refractivity contribution is 5.68. The van der Waals surface area contributed by atoms with Crippen molar-refractivity contribution < 1.29 is 14.6 Å². The van der Waals surface area contributed by atoms with E-state index in [1.165, 1.54) is 52.1 Å². The van der Waals surface area contributed by atoms with E-state index in [0.717, 1.165) is 38.5 Å². The fourth-order valence-electron chi connectivity index (χ4n) is 2.53. The molecule has 0 fully saturated rings. The van der Waals surface area contributed by atoms with E-state index >= 15 is 0 Å². The summed E-state index contributed by atoms with van der Waals surface area (Å²) in [6.07, 6.45) is 24.8. The number of aliphatic hydroxyl groups is 1. The Morgan fingerprint density at radius 2 is 1.12 bits per heavy atom. The Labute approximate surface area is 149 Å². The quantitative estimate of drug-likeness (QED) is 0.209. The number of aliphatic hydroxyl groups excluding tert-OH is 1. The monoisotopic (exact) mass is 338 g/mol. The zero-order valence-electron chi connectivity index (χ0n) is 15.7. The molecule has 0 radical (unpaired) electrons. The molecule has 24 heavy (non-hydrogen) atoms. The molecule has 0 bridgehead atoms. The van der Waals surface area contributed by atoms with Crippen LogP contribution in [0.2, 0.25) is 0 Å². The Kier molecular flexibility index (Phi) is 19.0. The molecular weight excluding hydrogens is 300 g/mol. The van der Waals surface area contributed by atoms with Gasteiger partial charge in [-0.15, -0.1) is 0 Å². The van der Waals surface area contributed by atoms with Gasteiger partial charge in [-0.25, -0.2) is 0 Å². The van der Waals surface area contributed by atoms with Crippen LogP contribution in [0.1, 0.15) is 89.9 Å². The Bertz CT molecular complexity index is 321. The highest BCUT2D eigenvalue weighted by Gasteiger charge is 1.97. The average Bonchev–Trinajstić information content (AvgIpc) is 2.60. The first-order chi connectivity index (χ1) is 11.8. The summed E-state index contributed by atoms with van der Waals surface area (Å²) in [5.74, 6) is -0.101. The minimum atomic E-state index is -0.101. The van der Waals surface area contributed by atoms with Crippen LogP contribution in [-0.2, 0) is 9.53 Å². The lowest BCUT2D eigenvalue weighted by Gasteiger charge is -1.99. The maximum absolute atomic E-state index is 10.9. The van der Waals surface area contributed by atoms with Gasteiger partial charge in [0, 0.05) is 13.0 Å². The second-order valence-electron chi connectivity index (χ2n) is 6.33. The van der Waals surface area contributed by atoms with Crippen LogP contribution in [0.5, 0.6) is 0 Å². The van der Waals surface area contributed by atoms with E-state index in [9.17, 15) is 4.79 Å². The molecular formula is C21H38O3. The fraction of sp³-hybridized carbons (Fsp3) is 0.762. The van der Waals surface area contributed by atoms with Gasteiger partial charge in [0.15, 0.2) is 0 Å². The summed E-state index contributed by atoms with van der Waals surface area (Å²) in [4.78, 5) is 10.9. The summed E-state index contributed by atoms with van der Waals surface area (Å²) in [6, 6.07) is 0. The lowest BCUT2D eigenvalue weighted by molar-refractivity contribution is -0.140. The Balaban J connectivity index is 3.16. The van der Waals surface area contributed by atoms with Gasteiger partial charge in [-0.1, -0.05) is 43.6 Å². The Morgan fingerprint density at radius 1 is 0.708 bits per heavy atom. The highest BCUT2D eigenvalue weighted by atomic mass is 16.5. The van der Waals surface area contributed by atoms with Crippen molar-refractivity contribution in [1.29, 1.82) is 0 Å². The molecule has 0 rings (SSSR count). The number of methoxy groups -OCH3 is 1. The minimum Gasteiger partial charge on any atom is -0.469 e. The normalized spacial score (nSPS) is 11.6. The van der Waals surface area contributed by atoms with Gasteiger partial charge in [0.05, 0.1) is 7.11 Å². The molecule has 0 aliphatic heterocycles. The second kappa shape index (κ2) is 20.0. The third kappa shape index (κ3) is 19.0. The molecule has 0 saturated carbocycles. The molecule has 0 unspecified atom stereocenters. The van der Waals surface area contributed by atoms with E-state index in [1.807, 2.05) is 0 Å². The number of carbonyl (C=O) groups excluding carboxylic acids is 1. The number of allylic oxidation sites excluding steroid dienone is 4. The van der Waals surface area contributed by atoms with Gasteiger partial charge in [-0.05, 0) is 64.2 Å². The molecule has 3 heteroatoms. The maximum Gasteiger partial charge on any atom is 0.305 e. The minimum absolute atomic E-state index is 0.101. The maximum atomic E-state index is 10.9. The van der Waals surface area contributed by atoms with Crippen LogP contribution >= 0.6 is 0 Å². The van der Waals surface area contributed by atoms with Gasteiger partial charge in [0.25, 0.3) is 0 Å². The van der Waals surface area contributed by atoms with Crippen molar-refractivity contribution in [2.24, 2.45) is 0 Å².